The normalized spacial score (nSPS) is 30.0. The highest BCUT2D eigenvalue weighted by molar-refractivity contribution is 6.02. The van der Waals surface area contributed by atoms with Crippen molar-refractivity contribution in [3.8, 4) is 0 Å². The van der Waals surface area contributed by atoms with Crippen LogP contribution in [-0.2, 0) is 14.5 Å². The third kappa shape index (κ3) is 3.60. The van der Waals surface area contributed by atoms with E-state index in [-0.39, 0.29) is 17.5 Å². The van der Waals surface area contributed by atoms with Crippen LogP contribution in [0.3, 0.4) is 0 Å². The predicted octanol–water partition coefficient (Wildman–Crippen LogP) is 4.42. The Kier molecular flexibility index (Phi) is 5.61. The van der Waals surface area contributed by atoms with Crippen LogP contribution in [0.1, 0.15) is 59.3 Å². The Morgan fingerprint density at radius 1 is 1.12 bits per heavy atom. The number of carbonyl (C=O) groups is 2. The highest BCUT2D eigenvalue weighted by Crippen LogP contribution is 2.49. The SMILES string of the molecule is C=C1CC[C@H](OO)C(=C)CCC2=C(C(C)C)C(=O)C[C@]2(C)CC1=O. The molecular weight excluding hydrogens is 304 g/mol. The van der Waals surface area contributed by atoms with E-state index in [1.165, 1.54) is 0 Å². The fraction of sp³-hybridized carbons (Fsp3) is 0.600. The van der Waals surface area contributed by atoms with Crippen LogP contribution < -0.4 is 0 Å². The zero-order valence-corrected chi connectivity index (χ0v) is 15.0. The number of allylic oxidation sites excluding steroid dienone is 3. The molecule has 0 aromatic heterocycles. The first kappa shape index (κ1) is 18.8. The monoisotopic (exact) mass is 332 g/mol. The highest BCUT2D eigenvalue weighted by Gasteiger charge is 2.43. The van der Waals surface area contributed by atoms with Crippen molar-refractivity contribution in [2.75, 3.05) is 0 Å². The molecule has 0 radical (unpaired) electrons. The smallest absolute Gasteiger partial charge is 0.159 e. The van der Waals surface area contributed by atoms with Crippen LogP contribution in [-0.4, -0.2) is 22.9 Å². The van der Waals surface area contributed by atoms with E-state index in [0.717, 1.165) is 16.7 Å². The Hall–Kier alpha value is -1.52. The minimum absolute atomic E-state index is 0.00277. The van der Waals surface area contributed by atoms with E-state index in [1.807, 2.05) is 20.8 Å². The third-order valence-corrected chi connectivity index (χ3v) is 5.41. The second-order valence-corrected chi connectivity index (χ2v) is 7.70. The molecule has 0 unspecified atom stereocenters. The van der Waals surface area contributed by atoms with Crippen molar-refractivity contribution in [1.82, 2.24) is 0 Å². The number of Topliss-reactive ketones (excluding diaryl/α,β-unsaturated/α-hetero) is 2. The summed E-state index contributed by atoms with van der Waals surface area (Å²) in [5.74, 6) is 0.284. The number of carbonyl (C=O) groups excluding carboxylic acids is 2. The van der Waals surface area contributed by atoms with Gasteiger partial charge in [-0.2, -0.15) is 0 Å². The van der Waals surface area contributed by atoms with Gasteiger partial charge in [0.1, 0.15) is 6.10 Å². The van der Waals surface area contributed by atoms with Crippen molar-refractivity contribution in [2.45, 2.75) is 65.4 Å². The maximum absolute atomic E-state index is 12.6. The highest BCUT2D eigenvalue weighted by atomic mass is 17.1. The fourth-order valence-electron chi connectivity index (χ4n) is 4.03. The van der Waals surface area contributed by atoms with Crippen molar-refractivity contribution < 1.29 is 19.7 Å². The Labute approximate surface area is 144 Å². The van der Waals surface area contributed by atoms with Crippen LogP contribution in [0.4, 0.5) is 0 Å². The summed E-state index contributed by atoms with van der Waals surface area (Å²) < 4.78 is 0. The minimum atomic E-state index is -0.501. The molecule has 0 bridgehead atoms. The maximum Gasteiger partial charge on any atom is 0.159 e. The summed E-state index contributed by atoms with van der Waals surface area (Å²) in [5.41, 5.74) is 2.82. The van der Waals surface area contributed by atoms with E-state index in [1.54, 1.807) is 0 Å². The van der Waals surface area contributed by atoms with Crippen molar-refractivity contribution >= 4 is 11.6 Å². The lowest BCUT2D eigenvalue weighted by molar-refractivity contribution is -0.270. The first-order chi connectivity index (χ1) is 11.2. The second-order valence-electron chi connectivity index (χ2n) is 7.70. The first-order valence-electron chi connectivity index (χ1n) is 8.65. The van der Waals surface area contributed by atoms with Crippen LogP contribution in [0.25, 0.3) is 0 Å². The van der Waals surface area contributed by atoms with Crippen molar-refractivity contribution in [2.24, 2.45) is 11.3 Å². The summed E-state index contributed by atoms with van der Waals surface area (Å²) in [6, 6.07) is 0. The standard InChI is InChI=1S/C20H28O4/c1-12(2)19-15-8-6-14(4)18(24-23)9-7-13(3)16(21)10-20(15,5)11-17(19)22/h12,18,23H,3-4,6-11H2,1-2,5H3/t18-,20-/m0/s1. The van der Waals surface area contributed by atoms with Gasteiger partial charge in [0.15, 0.2) is 11.6 Å². The van der Waals surface area contributed by atoms with E-state index in [4.69, 9.17) is 5.26 Å². The van der Waals surface area contributed by atoms with Gasteiger partial charge in [0.25, 0.3) is 0 Å². The summed E-state index contributed by atoms with van der Waals surface area (Å²) in [5, 5.41) is 9.14. The summed E-state index contributed by atoms with van der Waals surface area (Å²) in [6.07, 6.45) is 2.48. The van der Waals surface area contributed by atoms with Gasteiger partial charge in [-0.15, -0.1) is 0 Å². The van der Waals surface area contributed by atoms with E-state index in [0.29, 0.717) is 44.1 Å². The molecule has 0 spiro atoms. The van der Waals surface area contributed by atoms with Gasteiger partial charge in [-0.25, -0.2) is 4.89 Å². The molecule has 2 aliphatic rings. The van der Waals surface area contributed by atoms with E-state index in [9.17, 15) is 9.59 Å². The van der Waals surface area contributed by atoms with Gasteiger partial charge in [0.05, 0.1) is 0 Å². The van der Waals surface area contributed by atoms with Gasteiger partial charge in [0.2, 0.25) is 0 Å². The maximum atomic E-state index is 12.6. The largest absolute Gasteiger partial charge is 0.295 e. The Morgan fingerprint density at radius 3 is 2.33 bits per heavy atom. The number of ketones is 2. The van der Waals surface area contributed by atoms with Crippen LogP contribution in [0.2, 0.25) is 0 Å². The second kappa shape index (κ2) is 7.16. The summed E-state index contributed by atoms with van der Waals surface area (Å²) >= 11 is 0. The number of hydrogen-bond donors (Lipinski definition) is 1. The number of fused-ring (bicyclic) bond motifs is 1. The van der Waals surface area contributed by atoms with Crippen molar-refractivity contribution in [3.63, 3.8) is 0 Å². The molecule has 0 heterocycles. The topological polar surface area (TPSA) is 63.6 Å². The molecule has 1 N–H and O–H groups in total. The molecule has 1 fully saturated rings. The molecule has 2 atom stereocenters. The molecule has 0 amide bonds. The van der Waals surface area contributed by atoms with Crippen molar-refractivity contribution in [3.05, 3.63) is 35.5 Å². The number of rotatable bonds is 2. The number of hydrogen-bond acceptors (Lipinski definition) is 4. The minimum Gasteiger partial charge on any atom is -0.295 e. The predicted molar refractivity (Wildman–Crippen MR) is 93.5 cm³/mol. The molecule has 0 aromatic carbocycles. The molecule has 132 valence electrons. The lowest BCUT2D eigenvalue weighted by atomic mass is 9.75. The van der Waals surface area contributed by atoms with Gasteiger partial charge < -0.3 is 0 Å². The third-order valence-electron chi connectivity index (χ3n) is 5.41. The van der Waals surface area contributed by atoms with Gasteiger partial charge in [-0.3, -0.25) is 14.8 Å². The molecular formula is C20H28O4. The summed E-state index contributed by atoms with van der Waals surface area (Å²) in [7, 11) is 0. The summed E-state index contributed by atoms with van der Waals surface area (Å²) in [6.45, 7) is 14.0. The lowest BCUT2D eigenvalue weighted by Crippen LogP contribution is -2.22. The average Bonchev–Trinajstić information content (AvgIpc) is 2.74. The quantitative estimate of drug-likeness (QED) is 0.352. The molecule has 4 heteroatoms. The molecule has 24 heavy (non-hydrogen) atoms. The molecule has 0 aliphatic heterocycles. The molecule has 1 saturated carbocycles. The molecule has 0 aromatic rings. The zero-order valence-electron chi connectivity index (χ0n) is 15.0. The first-order valence-corrected chi connectivity index (χ1v) is 8.65. The van der Waals surface area contributed by atoms with Crippen LogP contribution in [0.15, 0.2) is 35.5 Å². The van der Waals surface area contributed by atoms with E-state index < -0.39 is 11.5 Å². The van der Waals surface area contributed by atoms with E-state index in [2.05, 4.69) is 18.0 Å². The Morgan fingerprint density at radius 2 is 1.75 bits per heavy atom. The fourth-order valence-corrected chi connectivity index (χ4v) is 4.03. The molecule has 0 saturated heterocycles. The van der Waals surface area contributed by atoms with Gasteiger partial charge in [-0.05, 0) is 48.3 Å². The summed E-state index contributed by atoms with van der Waals surface area (Å²) in [4.78, 5) is 29.7. The molecule has 4 nitrogen and oxygen atoms in total. The Balaban J connectivity index is 2.45. The van der Waals surface area contributed by atoms with Crippen LogP contribution in [0.5, 0.6) is 0 Å². The van der Waals surface area contributed by atoms with E-state index >= 15 is 0 Å². The van der Waals surface area contributed by atoms with Gasteiger partial charge >= 0.3 is 0 Å². The molecule has 2 aliphatic carbocycles. The van der Waals surface area contributed by atoms with Gasteiger partial charge in [-0.1, -0.05) is 39.5 Å². The molecule has 2 rings (SSSR count). The van der Waals surface area contributed by atoms with Crippen LogP contribution in [0, 0.1) is 11.3 Å². The van der Waals surface area contributed by atoms with Gasteiger partial charge in [0, 0.05) is 18.3 Å². The Bertz CT molecular complexity index is 611. The lowest BCUT2D eigenvalue weighted by Gasteiger charge is -2.28. The average molecular weight is 332 g/mol. The zero-order chi connectivity index (χ0) is 18.1. The van der Waals surface area contributed by atoms with Crippen molar-refractivity contribution in [1.29, 1.82) is 0 Å². The van der Waals surface area contributed by atoms with Crippen LogP contribution >= 0.6 is 0 Å².